The lowest BCUT2D eigenvalue weighted by molar-refractivity contribution is -0.129. The Morgan fingerprint density at radius 1 is 0.953 bits per heavy atom. The van der Waals surface area contributed by atoms with E-state index in [1.54, 1.807) is 9.13 Å². The molecule has 0 bridgehead atoms. The van der Waals surface area contributed by atoms with Crippen LogP contribution in [0.25, 0.3) is 11.0 Å². The van der Waals surface area contributed by atoms with Crippen LogP contribution < -0.4 is 26.2 Å². The van der Waals surface area contributed by atoms with Crippen LogP contribution in [-0.2, 0) is 21.5 Å². The fraction of sp³-hybridized carbons (Fsp3) is 0.724. The Bertz CT molecular complexity index is 1340. The number of nitrogens with two attached hydrogens (primary N) is 1. The van der Waals surface area contributed by atoms with E-state index in [-0.39, 0.29) is 67.5 Å². The second kappa shape index (κ2) is 16.6. The van der Waals surface area contributed by atoms with Crippen LogP contribution in [-0.4, -0.2) is 73.7 Å². The Balaban J connectivity index is 0.00000253. The quantitative estimate of drug-likeness (QED) is 0.325. The largest absolute Gasteiger partial charge is 0.353 e. The molecule has 43 heavy (non-hydrogen) atoms. The first-order valence-corrected chi connectivity index (χ1v) is 17.1. The van der Waals surface area contributed by atoms with Crippen LogP contribution in [0.2, 0.25) is 0 Å². The van der Waals surface area contributed by atoms with Crippen molar-refractivity contribution >= 4 is 52.0 Å². The number of halogens is 2. The molecule has 244 valence electrons. The summed E-state index contributed by atoms with van der Waals surface area (Å²) in [7, 11) is -3.87. The van der Waals surface area contributed by atoms with Crippen LogP contribution in [0.1, 0.15) is 70.3 Å². The minimum Gasteiger partial charge on any atom is -0.353 e. The SMILES string of the molecule is Cl.Cl.NS(=O)(=O)NCCn1c(=O)n([C@H]2CCN(CC3CCCCCCC3)C[C@@H]2C(=O)NC2CCNCC2)c2ccccc21. The molecule has 3 heterocycles. The second-order valence-electron chi connectivity index (χ2n) is 12.2. The number of para-hydroxylation sites is 2. The van der Waals surface area contributed by atoms with E-state index >= 15 is 0 Å². The fourth-order valence-corrected chi connectivity index (χ4v) is 7.55. The van der Waals surface area contributed by atoms with Crippen LogP contribution in [0.5, 0.6) is 0 Å². The average molecular weight is 663 g/mol. The maximum atomic E-state index is 14.0. The van der Waals surface area contributed by atoms with Gasteiger partial charge in [-0.15, -0.1) is 24.8 Å². The molecule has 1 aliphatic carbocycles. The van der Waals surface area contributed by atoms with Crippen LogP contribution >= 0.6 is 24.8 Å². The summed E-state index contributed by atoms with van der Waals surface area (Å²) < 4.78 is 28.5. The van der Waals surface area contributed by atoms with E-state index in [0.29, 0.717) is 18.9 Å². The number of imidazole rings is 1. The molecule has 1 saturated carbocycles. The van der Waals surface area contributed by atoms with Crippen LogP contribution in [0.4, 0.5) is 0 Å². The summed E-state index contributed by atoms with van der Waals surface area (Å²) in [6.07, 6.45) is 11.6. The van der Waals surface area contributed by atoms with E-state index in [4.69, 9.17) is 5.14 Å². The van der Waals surface area contributed by atoms with Gasteiger partial charge in [-0.1, -0.05) is 44.2 Å². The number of aromatic nitrogens is 2. The van der Waals surface area contributed by atoms with Crippen molar-refractivity contribution in [3.63, 3.8) is 0 Å². The highest BCUT2D eigenvalue weighted by Gasteiger charge is 2.38. The number of carbonyl (C=O) groups excluding carboxylic acids is 1. The van der Waals surface area contributed by atoms with E-state index in [2.05, 4.69) is 20.3 Å². The second-order valence-corrected chi connectivity index (χ2v) is 13.6. The monoisotopic (exact) mass is 661 g/mol. The number of nitrogens with zero attached hydrogens (tertiary/aromatic N) is 3. The Morgan fingerprint density at radius 3 is 2.28 bits per heavy atom. The summed E-state index contributed by atoms with van der Waals surface area (Å²) >= 11 is 0. The minimum atomic E-state index is -3.87. The van der Waals surface area contributed by atoms with E-state index < -0.39 is 10.2 Å². The van der Waals surface area contributed by atoms with Crippen molar-refractivity contribution in [3.05, 3.63) is 34.7 Å². The van der Waals surface area contributed by atoms with Crippen molar-refractivity contribution in [3.8, 4) is 0 Å². The zero-order valence-electron chi connectivity index (χ0n) is 24.9. The summed E-state index contributed by atoms with van der Waals surface area (Å²) in [5.41, 5.74) is 1.27. The molecule has 14 heteroatoms. The summed E-state index contributed by atoms with van der Waals surface area (Å²) in [6, 6.07) is 7.43. The van der Waals surface area contributed by atoms with Gasteiger partial charge < -0.3 is 15.5 Å². The molecule has 1 aromatic carbocycles. The summed E-state index contributed by atoms with van der Waals surface area (Å²) in [4.78, 5) is 30.4. The van der Waals surface area contributed by atoms with Gasteiger partial charge in [-0.25, -0.2) is 14.7 Å². The van der Waals surface area contributed by atoms with Gasteiger partial charge in [-0.3, -0.25) is 13.9 Å². The number of fused-ring (bicyclic) bond motifs is 1. The number of rotatable bonds is 9. The Hall–Kier alpha value is -1.67. The molecule has 1 amide bonds. The molecular weight excluding hydrogens is 613 g/mol. The van der Waals surface area contributed by atoms with Gasteiger partial charge in [0.25, 0.3) is 10.2 Å². The lowest BCUT2D eigenvalue weighted by Gasteiger charge is -2.40. The molecule has 11 nitrogen and oxygen atoms in total. The number of hydrogen-bond donors (Lipinski definition) is 4. The van der Waals surface area contributed by atoms with Gasteiger partial charge in [0.1, 0.15) is 0 Å². The van der Waals surface area contributed by atoms with Crippen molar-refractivity contribution in [2.24, 2.45) is 17.0 Å². The first-order valence-electron chi connectivity index (χ1n) is 15.5. The van der Waals surface area contributed by atoms with E-state index in [1.165, 1.54) is 44.9 Å². The zero-order chi connectivity index (χ0) is 28.8. The third kappa shape index (κ3) is 9.42. The van der Waals surface area contributed by atoms with Gasteiger partial charge in [-0.2, -0.15) is 8.42 Å². The average Bonchev–Trinajstić information content (AvgIpc) is 3.21. The van der Waals surface area contributed by atoms with Crippen molar-refractivity contribution in [2.45, 2.75) is 82.8 Å². The molecule has 0 radical (unpaired) electrons. The molecule has 2 aliphatic heterocycles. The third-order valence-electron chi connectivity index (χ3n) is 9.26. The number of benzene rings is 1. The molecule has 2 saturated heterocycles. The van der Waals surface area contributed by atoms with E-state index in [1.807, 2.05) is 24.3 Å². The van der Waals surface area contributed by atoms with Crippen molar-refractivity contribution in [2.75, 3.05) is 39.3 Å². The number of nitrogens with one attached hydrogen (secondary N) is 3. The maximum Gasteiger partial charge on any atom is 0.329 e. The predicted octanol–water partition coefficient (Wildman–Crippen LogP) is 2.53. The molecule has 0 spiro atoms. The van der Waals surface area contributed by atoms with Crippen LogP contribution in [0.15, 0.2) is 29.1 Å². The number of likely N-dealkylation sites (tertiary alicyclic amines) is 1. The maximum absolute atomic E-state index is 14.0. The highest BCUT2D eigenvalue weighted by Crippen LogP contribution is 2.33. The Labute approximate surface area is 267 Å². The van der Waals surface area contributed by atoms with Crippen molar-refractivity contribution in [1.82, 2.24) is 29.4 Å². The van der Waals surface area contributed by atoms with E-state index in [0.717, 1.165) is 50.1 Å². The van der Waals surface area contributed by atoms with Crippen LogP contribution in [0, 0.1) is 11.8 Å². The van der Waals surface area contributed by atoms with Gasteiger partial charge >= 0.3 is 5.69 Å². The molecule has 0 unspecified atom stereocenters. The van der Waals surface area contributed by atoms with Crippen molar-refractivity contribution < 1.29 is 13.2 Å². The highest BCUT2D eigenvalue weighted by molar-refractivity contribution is 7.87. The molecule has 2 aromatic rings. The first-order chi connectivity index (χ1) is 19.8. The van der Waals surface area contributed by atoms with Gasteiger partial charge in [0.15, 0.2) is 0 Å². The fourth-order valence-electron chi connectivity index (χ4n) is 7.17. The lowest BCUT2D eigenvalue weighted by Crippen LogP contribution is -2.53. The summed E-state index contributed by atoms with van der Waals surface area (Å²) in [6.45, 7) is 4.44. The Morgan fingerprint density at radius 2 is 1.60 bits per heavy atom. The molecule has 3 fully saturated rings. The molecule has 5 rings (SSSR count). The smallest absolute Gasteiger partial charge is 0.329 e. The third-order valence-corrected chi connectivity index (χ3v) is 9.87. The van der Waals surface area contributed by atoms with Gasteiger partial charge in [0.2, 0.25) is 5.91 Å². The minimum absolute atomic E-state index is 0. The standard InChI is InChI=1S/C29H47N7O4S.2ClH/c30-41(39,40)32-17-19-35-26-10-6-7-11-27(26)36(29(35)38)25-14-18-34(20-22-8-4-2-1-3-5-9-22)21-24(25)28(37)33-23-12-15-31-16-13-23;;/h6-7,10-11,22-25,31-32H,1-5,8-9,12-21H2,(H,33,37)(H2,30,39,40);2*1H/t24-,25-;;/m0../s1. The van der Waals surface area contributed by atoms with E-state index in [9.17, 15) is 18.0 Å². The van der Waals surface area contributed by atoms with Gasteiger partial charge in [-0.05, 0) is 63.2 Å². The molecule has 3 aliphatic rings. The van der Waals surface area contributed by atoms with Crippen molar-refractivity contribution in [1.29, 1.82) is 0 Å². The molecule has 1 aromatic heterocycles. The van der Waals surface area contributed by atoms with Gasteiger partial charge in [0, 0.05) is 38.8 Å². The predicted molar refractivity (Wildman–Crippen MR) is 175 cm³/mol. The van der Waals surface area contributed by atoms with Crippen LogP contribution in [0.3, 0.4) is 0 Å². The number of amides is 1. The lowest BCUT2D eigenvalue weighted by atomic mass is 9.87. The summed E-state index contributed by atoms with van der Waals surface area (Å²) in [5.74, 6) is 0.339. The normalized spacial score (nSPS) is 23.1. The summed E-state index contributed by atoms with van der Waals surface area (Å²) in [5, 5.41) is 11.8. The number of carbonyl (C=O) groups is 1. The molecule has 2 atom stereocenters. The first kappa shape index (κ1) is 35.8. The molecule has 5 N–H and O–H groups in total. The number of hydrogen-bond acceptors (Lipinski definition) is 6. The Kier molecular flexibility index (Phi) is 13.8. The molecular formula is C29H49Cl2N7O4S. The topological polar surface area (TPSA) is 143 Å². The zero-order valence-corrected chi connectivity index (χ0v) is 27.4. The van der Waals surface area contributed by atoms with Gasteiger partial charge in [0.05, 0.1) is 23.0 Å². The number of piperidine rings is 2. The highest BCUT2D eigenvalue weighted by atomic mass is 35.5.